The van der Waals surface area contributed by atoms with Gasteiger partial charge in [-0.2, -0.15) is 22.0 Å². The summed E-state index contributed by atoms with van der Waals surface area (Å²) in [6.45, 7) is 3.15. The normalized spacial score (nSPS) is 27.4. The fraction of sp³-hybridized carbons (Fsp3) is 0.600. The van der Waals surface area contributed by atoms with Crippen molar-refractivity contribution in [2.75, 3.05) is 13.2 Å². The Hall–Kier alpha value is -1.94. The molecule has 168 valence electrons. The molecule has 10 heteroatoms. The van der Waals surface area contributed by atoms with Crippen molar-refractivity contribution in [3.05, 3.63) is 36.1 Å². The lowest BCUT2D eigenvalue weighted by molar-refractivity contribution is -0.246. The van der Waals surface area contributed by atoms with Crippen molar-refractivity contribution >= 4 is 0 Å². The summed E-state index contributed by atoms with van der Waals surface area (Å²) in [5, 5.41) is 0. The first-order chi connectivity index (χ1) is 14.2. The van der Waals surface area contributed by atoms with Crippen LogP contribution in [0.5, 0.6) is 11.5 Å². The summed E-state index contributed by atoms with van der Waals surface area (Å²) in [6.07, 6.45) is -5.43. The molecule has 0 amide bonds. The van der Waals surface area contributed by atoms with Crippen LogP contribution in [-0.4, -0.2) is 25.6 Å². The first-order valence-electron chi connectivity index (χ1n) is 9.64. The van der Waals surface area contributed by atoms with E-state index in [1.165, 1.54) is 0 Å². The number of hydrogen-bond acceptors (Lipinski definition) is 4. The van der Waals surface area contributed by atoms with Crippen LogP contribution in [0, 0.1) is 23.6 Å². The predicted molar refractivity (Wildman–Crippen MR) is 93.3 cm³/mol. The Bertz CT molecular complexity index is 752. The largest absolute Gasteiger partial charge is 0.432 e. The van der Waals surface area contributed by atoms with Gasteiger partial charge in [0.2, 0.25) is 0 Å². The van der Waals surface area contributed by atoms with Gasteiger partial charge in [0, 0.05) is 17.9 Å². The van der Waals surface area contributed by atoms with Crippen molar-refractivity contribution in [3.8, 4) is 11.5 Å². The van der Waals surface area contributed by atoms with Crippen molar-refractivity contribution in [3.63, 3.8) is 0 Å². The van der Waals surface area contributed by atoms with Gasteiger partial charge in [0.25, 0.3) is 0 Å². The van der Waals surface area contributed by atoms with Crippen LogP contribution in [0.25, 0.3) is 0 Å². The molecule has 1 heterocycles. The molecule has 1 aromatic carbocycles. The molecule has 0 atom stereocenters. The maximum atomic E-state index is 14.6. The average Bonchev–Trinajstić information content (AvgIpc) is 2.70. The van der Waals surface area contributed by atoms with E-state index < -0.39 is 41.4 Å². The molecule has 0 radical (unpaired) electrons. The molecule has 1 aromatic rings. The van der Waals surface area contributed by atoms with Gasteiger partial charge in [0.1, 0.15) is 5.75 Å². The second kappa shape index (κ2) is 9.47. The Kier molecular flexibility index (Phi) is 7.18. The monoisotopic (exact) mass is 440 g/mol. The molecule has 30 heavy (non-hydrogen) atoms. The van der Waals surface area contributed by atoms with E-state index in [2.05, 4.69) is 9.47 Å². The van der Waals surface area contributed by atoms with Crippen LogP contribution in [0.2, 0.25) is 0 Å². The van der Waals surface area contributed by atoms with Gasteiger partial charge in [0.15, 0.2) is 17.9 Å². The summed E-state index contributed by atoms with van der Waals surface area (Å²) in [4.78, 5) is 0. The quantitative estimate of drug-likeness (QED) is 0.400. The van der Waals surface area contributed by atoms with E-state index in [4.69, 9.17) is 9.47 Å². The van der Waals surface area contributed by atoms with Gasteiger partial charge in [-0.25, -0.2) is 4.39 Å². The van der Waals surface area contributed by atoms with Gasteiger partial charge in [-0.05, 0) is 37.8 Å². The van der Waals surface area contributed by atoms with Crippen molar-refractivity contribution in [2.24, 2.45) is 17.8 Å². The first-order valence-corrected chi connectivity index (χ1v) is 9.64. The molecule has 1 aliphatic carbocycles. The Morgan fingerprint density at radius 2 is 1.67 bits per heavy atom. The van der Waals surface area contributed by atoms with Crippen LogP contribution >= 0.6 is 0 Å². The Labute approximate surface area is 169 Å². The van der Waals surface area contributed by atoms with Crippen molar-refractivity contribution in [2.45, 2.75) is 45.0 Å². The fourth-order valence-corrected chi connectivity index (χ4v) is 3.62. The second-order valence-corrected chi connectivity index (χ2v) is 7.64. The topological polar surface area (TPSA) is 36.9 Å². The average molecular weight is 440 g/mol. The SMILES string of the molecule is CC1COC(C2CCC(C(F)(F)Oc3ccc(OC(F)=C(F)F)c(F)c3)CC2)OC1. The maximum absolute atomic E-state index is 14.6. The Morgan fingerprint density at radius 3 is 2.23 bits per heavy atom. The molecule has 0 aromatic heterocycles. The van der Waals surface area contributed by atoms with Crippen LogP contribution in [0.15, 0.2) is 30.3 Å². The van der Waals surface area contributed by atoms with E-state index in [1.54, 1.807) is 0 Å². The first kappa shape index (κ1) is 22.7. The number of alkyl halides is 2. The van der Waals surface area contributed by atoms with Crippen molar-refractivity contribution in [1.29, 1.82) is 0 Å². The van der Waals surface area contributed by atoms with Gasteiger partial charge >= 0.3 is 18.2 Å². The summed E-state index contributed by atoms with van der Waals surface area (Å²) < 4.78 is 99.8. The lowest BCUT2D eigenvalue weighted by Gasteiger charge is -2.38. The highest BCUT2D eigenvalue weighted by Gasteiger charge is 2.45. The van der Waals surface area contributed by atoms with Gasteiger partial charge in [-0.1, -0.05) is 6.92 Å². The third kappa shape index (κ3) is 5.60. The third-order valence-electron chi connectivity index (χ3n) is 5.23. The van der Waals surface area contributed by atoms with Gasteiger partial charge in [-0.3, -0.25) is 0 Å². The van der Waals surface area contributed by atoms with Gasteiger partial charge in [0.05, 0.1) is 19.1 Å². The highest BCUT2D eigenvalue weighted by molar-refractivity contribution is 5.34. The zero-order valence-corrected chi connectivity index (χ0v) is 16.2. The van der Waals surface area contributed by atoms with Gasteiger partial charge in [-0.15, -0.1) is 0 Å². The second-order valence-electron chi connectivity index (χ2n) is 7.64. The van der Waals surface area contributed by atoms with E-state index >= 15 is 0 Å². The van der Waals surface area contributed by atoms with E-state index in [0.717, 1.165) is 12.1 Å². The number of hydrogen-bond donors (Lipinski definition) is 0. The predicted octanol–water partition coefficient (Wildman–Crippen LogP) is 6.03. The van der Waals surface area contributed by atoms with Crippen LogP contribution in [0.3, 0.4) is 0 Å². The molecule has 2 aliphatic rings. The molecular formula is C20H22F6O4. The van der Waals surface area contributed by atoms with E-state index in [-0.39, 0.29) is 25.0 Å². The maximum Gasteiger partial charge on any atom is 0.400 e. The molecule has 2 fully saturated rings. The molecule has 1 saturated carbocycles. The Balaban J connectivity index is 1.56. The molecule has 0 bridgehead atoms. The molecular weight excluding hydrogens is 418 g/mol. The third-order valence-corrected chi connectivity index (χ3v) is 5.23. The number of benzene rings is 1. The molecule has 0 N–H and O–H groups in total. The smallest absolute Gasteiger partial charge is 0.400 e. The molecule has 0 unspecified atom stereocenters. The van der Waals surface area contributed by atoms with E-state index in [9.17, 15) is 26.3 Å². The minimum atomic E-state index is -3.57. The molecule has 3 rings (SSSR count). The van der Waals surface area contributed by atoms with Crippen molar-refractivity contribution in [1.82, 2.24) is 0 Å². The highest BCUT2D eigenvalue weighted by Crippen LogP contribution is 2.42. The standard InChI is InChI=1S/C20H22F6O4/c1-11-9-27-19(28-10-11)12-2-4-13(5-3-12)20(25,26)30-14-6-7-16(15(21)8-14)29-18(24)17(22)23/h6-8,11-13,19H,2-5,9-10H2,1H3. The molecule has 4 nitrogen and oxygen atoms in total. The summed E-state index contributed by atoms with van der Waals surface area (Å²) in [5.41, 5.74) is 0. The van der Waals surface area contributed by atoms with E-state index in [0.29, 0.717) is 38.0 Å². The fourth-order valence-electron chi connectivity index (χ4n) is 3.62. The number of halogens is 6. The molecule has 1 saturated heterocycles. The summed E-state index contributed by atoms with van der Waals surface area (Å²) in [7, 11) is 0. The highest BCUT2D eigenvalue weighted by atomic mass is 19.3. The minimum Gasteiger partial charge on any atom is -0.432 e. The van der Waals surface area contributed by atoms with Crippen molar-refractivity contribution < 1.29 is 45.3 Å². The van der Waals surface area contributed by atoms with Crippen LogP contribution in [-0.2, 0) is 9.47 Å². The summed E-state index contributed by atoms with van der Waals surface area (Å²) in [5.74, 6) is -3.47. The zero-order valence-electron chi connectivity index (χ0n) is 16.2. The van der Waals surface area contributed by atoms with E-state index in [1.807, 2.05) is 6.92 Å². The van der Waals surface area contributed by atoms with Crippen LogP contribution in [0.4, 0.5) is 26.3 Å². The lowest BCUT2D eigenvalue weighted by Crippen LogP contribution is -2.41. The van der Waals surface area contributed by atoms with Gasteiger partial charge < -0.3 is 18.9 Å². The number of rotatable bonds is 6. The van der Waals surface area contributed by atoms with Crippen LogP contribution < -0.4 is 9.47 Å². The number of ether oxygens (including phenoxy) is 4. The minimum absolute atomic E-state index is 0.0253. The zero-order chi connectivity index (χ0) is 21.9. The summed E-state index contributed by atoms with van der Waals surface area (Å²) in [6, 6.07) is -0.112. The molecule has 0 spiro atoms. The summed E-state index contributed by atoms with van der Waals surface area (Å²) >= 11 is 0. The lowest BCUT2D eigenvalue weighted by atomic mass is 9.81. The van der Waals surface area contributed by atoms with Crippen LogP contribution in [0.1, 0.15) is 32.6 Å². The Morgan fingerprint density at radius 1 is 1.03 bits per heavy atom. The molecule has 1 aliphatic heterocycles.